The summed E-state index contributed by atoms with van der Waals surface area (Å²) in [5, 5.41) is 1.51. The molecule has 6 heteroatoms. The zero-order valence-corrected chi connectivity index (χ0v) is 15.0. The van der Waals surface area contributed by atoms with Gasteiger partial charge in [0.05, 0.1) is 11.5 Å². The summed E-state index contributed by atoms with van der Waals surface area (Å²) >= 11 is 3.24. The van der Waals surface area contributed by atoms with Gasteiger partial charge in [-0.05, 0) is 31.7 Å². The Balaban J connectivity index is 1.91. The highest BCUT2D eigenvalue weighted by Gasteiger charge is 2.18. The molecule has 0 spiro atoms. The zero-order chi connectivity index (χ0) is 16.2. The third-order valence-corrected chi connectivity index (χ3v) is 6.28. The van der Waals surface area contributed by atoms with Gasteiger partial charge in [-0.25, -0.2) is 4.98 Å². The van der Waals surface area contributed by atoms with Crippen LogP contribution in [0.4, 0.5) is 0 Å². The van der Waals surface area contributed by atoms with E-state index in [0.717, 1.165) is 47.0 Å². The summed E-state index contributed by atoms with van der Waals surface area (Å²) < 4.78 is 7.52. The van der Waals surface area contributed by atoms with Crippen molar-refractivity contribution >= 4 is 33.3 Å². The van der Waals surface area contributed by atoms with Crippen molar-refractivity contribution in [2.45, 2.75) is 50.4 Å². The molecule has 0 aromatic carbocycles. The Morgan fingerprint density at radius 1 is 1.57 bits per heavy atom. The Kier molecular flexibility index (Phi) is 5.56. The van der Waals surface area contributed by atoms with Crippen molar-refractivity contribution in [2.24, 2.45) is 0 Å². The molecule has 0 bridgehead atoms. The molecule has 0 radical (unpaired) electrons. The summed E-state index contributed by atoms with van der Waals surface area (Å²) in [4.78, 5) is 19.6. The SMILES string of the molecule is C=CCn1c(SC[C@@H]2CCCCO2)nc2sc(CC)cc2c1=O. The van der Waals surface area contributed by atoms with Gasteiger partial charge in [0.2, 0.25) is 0 Å². The third kappa shape index (κ3) is 3.70. The van der Waals surface area contributed by atoms with E-state index in [1.807, 2.05) is 6.07 Å². The lowest BCUT2D eigenvalue weighted by Gasteiger charge is -2.22. The van der Waals surface area contributed by atoms with Crippen LogP contribution < -0.4 is 5.56 Å². The molecule has 0 aliphatic carbocycles. The molecule has 1 saturated heterocycles. The molecule has 1 fully saturated rings. The highest BCUT2D eigenvalue weighted by atomic mass is 32.2. The van der Waals surface area contributed by atoms with Crippen molar-refractivity contribution in [3.05, 3.63) is 34.0 Å². The number of nitrogens with zero attached hydrogens (tertiary/aromatic N) is 2. The van der Waals surface area contributed by atoms with Crippen LogP contribution in [0.3, 0.4) is 0 Å². The molecule has 3 rings (SSSR count). The van der Waals surface area contributed by atoms with E-state index in [9.17, 15) is 4.79 Å². The molecular formula is C17H22N2O2S2. The predicted octanol–water partition coefficient (Wildman–Crippen LogP) is 3.87. The normalized spacial score (nSPS) is 18.4. The van der Waals surface area contributed by atoms with Crippen LogP contribution in [0.2, 0.25) is 0 Å². The molecule has 4 nitrogen and oxygen atoms in total. The number of rotatable bonds is 6. The van der Waals surface area contributed by atoms with Crippen molar-refractivity contribution in [3.63, 3.8) is 0 Å². The maximum absolute atomic E-state index is 12.8. The Bertz CT molecular complexity index is 745. The van der Waals surface area contributed by atoms with Crippen molar-refractivity contribution in [1.82, 2.24) is 9.55 Å². The summed E-state index contributed by atoms with van der Waals surface area (Å²) in [6.45, 7) is 7.21. The Morgan fingerprint density at radius 3 is 3.13 bits per heavy atom. The maximum atomic E-state index is 12.8. The van der Waals surface area contributed by atoms with E-state index in [1.165, 1.54) is 11.3 Å². The van der Waals surface area contributed by atoms with Crippen molar-refractivity contribution in [1.29, 1.82) is 0 Å². The van der Waals surface area contributed by atoms with E-state index in [4.69, 9.17) is 9.72 Å². The largest absolute Gasteiger partial charge is 0.377 e. The molecule has 0 amide bonds. The van der Waals surface area contributed by atoms with Gasteiger partial charge in [0, 0.05) is 23.8 Å². The van der Waals surface area contributed by atoms with Crippen molar-refractivity contribution in [2.75, 3.05) is 12.4 Å². The van der Waals surface area contributed by atoms with Gasteiger partial charge >= 0.3 is 0 Å². The maximum Gasteiger partial charge on any atom is 0.263 e. The fourth-order valence-electron chi connectivity index (χ4n) is 2.73. The summed E-state index contributed by atoms with van der Waals surface area (Å²) in [6.07, 6.45) is 6.43. The molecule has 2 aromatic rings. The average molecular weight is 351 g/mol. The van der Waals surface area contributed by atoms with Crippen LogP contribution in [0.15, 0.2) is 28.7 Å². The smallest absolute Gasteiger partial charge is 0.263 e. The van der Waals surface area contributed by atoms with Gasteiger partial charge in [0.15, 0.2) is 5.16 Å². The molecule has 0 N–H and O–H groups in total. The fraction of sp³-hybridized carbons (Fsp3) is 0.529. The summed E-state index contributed by atoms with van der Waals surface area (Å²) in [6, 6.07) is 1.98. The topological polar surface area (TPSA) is 44.1 Å². The number of allylic oxidation sites excluding steroid dienone is 1. The van der Waals surface area contributed by atoms with E-state index < -0.39 is 0 Å². The first-order valence-electron chi connectivity index (χ1n) is 8.11. The third-order valence-electron chi connectivity index (χ3n) is 4.00. The van der Waals surface area contributed by atoms with Crippen LogP contribution >= 0.6 is 23.1 Å². The first-order valence-corrected chi connectivity index (χ1v) is 9.91. The number of hydrogen-bond donors (Lipinski definition) is 0. The summed E-state index contributed by atoms with van der Waals surface area (Å²) in [5.74, 6) is 0.848. The molecule has 0 saturated carbocycles. The number of aromatic nitrogens is 2. The van der Waals surface area contributed by atoms with Crippen molar-refractivity contribution in [3.8, 4) is 0 Å². The Morgan fingerprint density at radius 2 is 2.43 bits per heavy atom. The van der Waals surface area contributed by atoms with Crippen LogP contribution in [0, 0.1) is 0 Å². The number of thiophene rings is 1. The molecule has 1 aliphatic heterocycles. The van der Waals surface area contributed by atoms with Crippen molar-refractivity contribution < 1.29 is 4.74 Å². The fourth-order valence-corrected chi connectivity index (χ4v) is 4.81. The lowest BCUT2D eigenvalue weighted by Crippen LogP contribution is -2.24. The quantitative estimate of drug-likeness (QED) is 0.451. The minimum Gasteiger partial charge on any atom is -0.377 e. The van der Waals surface area contributed by atoms with Gasteiger partial charge in [-0.15, -0.1) is 17.9 Å². The number of ether oxygens (including phenoxy) is 1. The Hall–Kier alpha value is -1.11. The standard InChI is InChI=1S/C17H22N2O2S2/c1-3-8-19-16(20)14-10-13(4-2)23-15(14)18-17(19)22-11-12-7-5-6-9-21-12/h3,10,12H,1,4-9,11H2,2H3/t12-/m0/s1. The molecule has 0 unspecified atom stereocenters. The number of thioether (sulfide) groups is 1. The molecule has 2 aromatic heterocycles. The summed E-state index contributed by atoms with van der Waals surface area (Å²) in [5.41, 5.74) is 0.0397. The van der Waals surface area contributed by atoms with E-state index in [1.54, 1.807) is 33.7 Å². The molecular weight excluding hydrogens is 328 g/mol. The molecule has 124 valence electrons. The second-order valence-electron chi connectivity index (χ2n) is 5.68. The van der Waals surface area contributed by atoms with Crippen LogP contribution in [-0.4, -0.2) is 28.0 Å². The number of hydrogen-bond acceptors (Lipinski definition) is 5. The van der Waals surface area contributed by atoms with Gasteiger partial charge in [-0.2, -0.15) is 0 Å². The number of fused-ring (bicyclic) bond motifs is 1. The summed E-state index contributed by atoms with van der Waals surface area (Å²) in [7, 11) is 0. The minimum atomic E-state index is 0.0397. The van der Waals surface area contributed by atoms with Gasteiger partial charge in [0.25, 0.3) is 5.56 Å². The van der Waals surface area contributed by atoms with Gasteiger partial charge in [0.1, 0.15) is 4.83 Å². The lowest BCUT2D eigenvalue weighted by atomic mass is 10.1. The average Bonchev–Trinajstić information content (AvgIpc) is 3.00. The van der Waals surface area contributed by atoms with Crippen LogP contribution in [0.25, 0.3) is 10.2 Å². The van der Waals surface area contributed by atoms with E-state index in [0.29, 0.717) is 6.54 Å². The van der Waals surface area contributed by atoms with Crippen LogP contribution in [-0.2, 0) is 17.7 Å². The predicted molar refractivity (Wildman–Crippen MR) is 97.8 cm³/mol. The number of aryl methyl sites for hydroxylation is 1. The molecule has 1 aliphatic rings. The highest BCUT2D eigenvalue weighted by molar-refractivity contribution is 7.99. The first kappa shape index (κ1) is 16.7. The Labute approximate surface area is 144 Å². The van der Waals surface area contributed by atoms with Gasteiger partial charge < -0.3 is 4.74 Å². The molecule has 3 heterocycles. The van der Waals surface area contributed by atoms with E-state index in [-0.39, 0.29) is 11.7 Å². The zero-order valence-electron chi connectivity index (χ0n) is 13.4. The van der Waals surface area contributed by atoms with Gasteiger partial charge in [-0.3, -0.25) is 9.36 Å². The van der Waals surface area contributed by atoms with Gasteiger partial charge in [-0.1, -0.05) is 24.8 Å². The van der Waals surface area contributed by atoms with E-state index in [2.05, 4.69) is 13.5 Å². The molecule has 23 heavy (non-hydrogen) atoms. The second-order valence-corrected chi connectivity index (χ2v) is 7.79. The minimum absolute atomic E-state index is 0.0397. The first-order chi connectivity index (χ1) is 11.2. The van der Waals surface area contributed by atoms with E-state index >= 15 is 0 Å². The monoisotopic (exact) mass is 350 g/mol. The van der Waals surface area contributed by atoms with Crippen LogP contribution in [0.5, 0.6) is 0 Å². The lowest BCUT2D eigenvalue weighted by molar-refractivity contribution is 0.0315. The second kappa shape index (κ2) is 7.64. The molecule has 1 atom stereocenters. The van der Waals surface area contributed by atoms with Crippen LogP contribution in [0.1, 0.15) is 31.1 Å². The highest BCUT2D eigenvalue weighted by Crippen LogP contribution is 2.27.